The summed E-state index contributed by atoms with van der Waals surface area (Å²) in [6.45, 7) is 8.46. The van der Waals surface area contributed by atoms with Gasteiger partial charge < -0.3 is 30.4 Å². The third kappa shape index (κ3) is 4.88. The summed E-state index contributed by atoms with van der Waals surface area (Å²) in [5.74, 6) is -0.350. The van der Waals surface area contributed by atoms with Crippen LogP contribution in [0.25, 0.3) is 16.6 Å². The van der Waals surface area contributed by atoms with Gasteiger partial charge in [0.15, 0.2) is 11.4 Å². The fraction of sp³-hybridized carbons (Fsp3) is 0.433. The van der Waals surface area contributed by atoms with E-state index in [0.29, 0.717) is 41.8 Å². The summed E-state index contributed by atoms with van der Waals surface area (Å²) in [5, 5.41) is 18.2. The molecular weight excluding hydrogens is 525 g/mol. The first-order chi connectivity index (χ1) is 19.7. The molecule has 1 amide bonds. The summed E-state index contributed by atoms with van der Waals surface area (Å²) in [4.78, 5) is 22.5. The number of oxazole rings is 1. The van der Waals surface area contributed by atoms with Crippen molar-refractivity contribution in [3.05, 3.63) is 71.4 Å². The van der Waals surface area contributed by atoms with Crippen LogP contribution in [0.4, 0.5) is 10.1 Å². The Balaban J connectivity index is 1.31. The first-order valence-electron chi connectivity index (χ1n) is 14.2. The molecule has 0 spiro atoms. The molecule has 5 heterocycles. The highest BCUT2D eigenvalue weighted by molar-refractivity contribution is 6.01. The van der Waals surface area contributed by atoms with Crippen LogP contribution in [0.1, 0.15) is 62.3 Å². The topological polar surface area (TPSA) is 125 Å². The Morgan fingerprint density at radius 1 is 1.22 bits per heavy atom. The average Bonchev–Trinajstić information content (AvgIpc) is 3.58. The second kappa shape index (κ2) is 10.4. The van der Waals surface area contributed by atoms with Gasteiger partial charge in [0.05, 0.1) is 40.5 Å². The standard InChI is InChI=1S/C30H36FN7O3/c1-4-33-22-12-15-37(26(25(22)32)28-35-23-7-5-6-21(31)27(23)41-28)29(39)20-16-34-38-17-19(8-9-24(20)38)36-13-10-18(11-14-36)30(2,3)40/h5-9,16-18,26,33,40H,4,10-15,32H2,1-3H3/t26-/m0/s1. The molecule has 4 N–H and O–H groups in total. The van der Waals surface area contributed by atoms with Gasteiger partial charge in [0, 0.05) is 38.3 Å². The van der Waals surface area contributed by atoms with Crippen molar-refractivity contribution in [2.45, 2.75) is 51.7 Å². The highest BCUT2D eigenvalue weighted by Crippen LogP contribution is 2.36. The van der Waals surface area contributed by atoms with Crippen LogP contribution in [0, 0.1) is 11.7 Å². The third-order valence-electron chi connectivity index (χ3n) is 8.42. The van der Waals surface area contributed by atoms with E-state index in [-0.39, 0.29) is 23.3 Å². The maximum Gasteiger partial charge on any atom is 0.258 e. The van der Waals surface area contributed by atoms with E-state index in [0.717, 1.165) is 37.3 Å². The van der Waals surface area contributed by atoms with Crippen molar-refractivity contribution in [1.29, 1.82) is 0 Å². The van der Waals surface area contributed by atoms with Gasteiger partial charge in [0.1, 0.15) is 11.6 Å². The van der Waals surface area contributed by atoms with Gasteiger partial charge in [0.25, 0.3) is 5.91 Å². The lowest BCUT2D eigenvalue weighted by molar-refractivity contribution is 0.00650. The average molecular weight is 562 g/mol. The van der Waals surface area contributed by atoms with Gasteiger partial charge >= 0.3 is 0 Å². The molecule has 2 aliphatic rings. The van der Waals surface area contributed by atoms with Crippen molar-refractivity contribution in [3.8, 4) is 0 Å². The molecule has 11 heteroatoms. The molecule has 1 aromatic carbocycles. The number of amides is 1. The number of rotatable bonds is 6. The molecule has 1 atom stereocenters. The zero-order chi connectivity index (χ0) is 28.9. The van der Waals surface area contributed by atoms with Crippen LogP contribution in [0.15, 0.2) is 58.5 Å². The van der Waals surface area contributed by atoms with Crippen molar-refractivity contribution in [2.75, 3.05) is 31.1 Å². The van der Waals surface area contributed by atoms with Gasteiger partial charge in [0.2, 0.25) is 5.89 Å². The maximum absolute atomic E-state index is 14.5. The molecule has 0 bridgehead atoms. The summed E-state index contributed by atoms with van der Waals surface area (Å²) in [5.41, 5.74) is 9.71. The molecular formula is C30H36FN7O3. The number of nitrogens with one attached hydrogen (secondary N) is 1. The molecule has 0 aliphatic carbocycles. The number of anilines is 1. The Bertz CT molecular complexity index is 1630. The lowest BCUT2D eigenvalue weighted by atomic mass is 9.83. The van der Waals surface area contributed by atoms with E-state index < -0.39 is 17.5 Å². The lowest BCUT2D eigenvalue weighted by Gasteiger charge is -2.38. The third-order valence-corrected chi connectivity index (χ3v) is 8.42. The van der Waals surface area contributed by atoms with Crippen LogP contribution in [0.2, 0.25) is 0 Å². The van der Waals surface area contributed by atoms with Crippen molar-refractivity contribution in [2.24, 2.45) is 11.7 Å². The summed E-state index contributed by atoms with van der Waals surface area (Å²) < 4.78 is 22.0. The van der Waals surface area contributed by atoms with Gasteiger partial charge in [-0.2, -0.15) is 5.10 Å². The van der Waals surface area contributed by atoms with Gasteiger partial charge in [-0.05, 0) is 63.8 Å². The Morgan fingerprint density at radius 2 is 2.00 bits per heavy atom. The van der Waals surface area contributed by atoms with Crippen LogP contribution in [0.5, 0.6) is 0 Å². The smallest absolute Gasteiger partial charge is 0.258 e. The first kappa shape index (κ1) is 27.1. The number of aromatic nitrogens is 3. The number of benzene rings is 1. The zero-order valence-electron chi connectivity index (χ0n) is 23.6. The number of carbonyl (C=O) groups is 1. The van der Waals surface area contributed by atoms with Gasteiger partial charge in [-0.15, -0.1) is 0 Å². The normalized spacial score (nSPS) is 19.0. The van der Waals surface area contributed by atoms with Crippen LogP contribution < -0.4 is 16.0 Å². The molecule has 10 nitrogen and oxygen atoms in total. The Labute approximate surface area is 237 Å². The minimum atomic E-state index is -0.802. The molecule has 0 radical (unpaired) electrons. The van der Waals surface area contributed by atoms with Crippen LogP contribution in [-0.2, 0) is 0 Å². The second-order valence-electron chi connectivity index (χ2n) is 11.4. The number of piperidine rings is 1. The minimum Gasteiger partial charge on any atom is -0.435 e. The summed E-state index contributed by atoms with van der Waals surface area (Å²) >= 11 is 0. The number of nitrogens with zero attached hydrogens (tertiary/aromatic N) is 5. The molecule has 0 unspecified atom stereocenters. The maximum atomic E-state index is 14.5. The first-order valence-corrected chi connectivity index (χ1v) is 14.2. The van der Waals surface area contributed by atoms with Crippen LogP contribution in [-0.4, -0.2) is 62.3 Å². The summed E-state index contributed by atoms with van der Waals surface area (Å²) in [7, 11) is 0. The molecule has 4 aromatic rings. The molecule has 2 aliphatic heterocycles. The largest absolute Gasteiger partial charge is 0.435 e. The Hall–Kier alpha value is -4.12. The van der Waals surface area contributed by atoms with Crippen molar-refractivity contribution < 1.29 is 18.7 Å². The SMILES string of the molecule is CCNC1=C(N)[C@@H](c2nc3cccc(F)c3o2)N(C(=O)c2cnn3cc(N4CCC(C(C)(C)O)CC4)ccc23)CC1. The van der Waals surface area contributed by atoms with Crippen molar-refractivity contribution >= 4 is 28.2 Å². The molecule has 216 valence electrons. The lowest BCUT2D eigenvalue weighted by Crippen LogP contribution is -2.44. The van der Waals surface area contributed by atoms with E-state index in [4.69, 9.17) is 10.2 Å². The Kier molecular flexibility index (Phi) is 6.85. The number of para-hydroxylation sites is 1. The number of fused-ring (bicyclic) bond motifs is 2. The van der Waals surface area contributed by atoms with E-state index in [1.807, 2.05) is 39.1 Å². The van der Waals surface area contributed by atoms with Gasteiger partial charge in [-0.3, -0.25) is 4.79 Å². The quantitative estimate of drug-likeness (QED) is 0.323. The highest BCUT2D eigenvalue weighted by atomic mass is 19.1. The molecule has 0 saturated carbocycles. The van der Waals surface area contributed by atoms with Crippen LogP contribution in [0.3, 0.4) is 0 Å². The number of pyridine rings is 1. The summed E-state index contributed by atoms with van der Waals surface area (Å²) in [6, 6.07) is 7.67. The predicted molar refractivity (Wildman–Crippen MR) is 154 cm³/mol. The molecule has 1 fully saturated rings. The van der Waals surface area contributed by atoms with Gasteiger partial charge in [-0.25, -0.2) is 13.9 Å². The minimum absolute atomic E-state index is 0.0355. The number of hydrogen-bond acceptors (Lipinski definition) is 8. The predicted octanol–water partition coefficient (Wildman–Crippen LogP) is 3.97. The highest BCUT2D eigenvalue weighted by Gasteiger charge is 2.38. The molecule has 3 aromatic heterocycles. The van der Waals surface area contributed by atoms with Crippen LogP contribution >= 0.6 is 0 Å². The zero-order valence-corrected chi connectivity index (χ0v) is 23.6. The van der Waals surface area contributed by atoms with E-state index in [2.05, 4.69) is 20.3 Å². The number of hydrogen-bond donors (Lipinski definition) is 3. The monoisotopic (exact) mass is 561 g/mol. The number of halogens is 1. The fourth-order valence-corrected chi connectivity index (χ4v) is 6.10. The molecule has 6 rings (SSSR count). The van der Waals surface area contributed by atoms with Crippen molar-refractivity contribution in [1.82, 2.24) is 24.8 Å². The molecule has 41 heavy (non-hydrogen) atoms. The number of carbonyl (C=O) groups excluding carboxylic acids is 1. The fourth-order valence-electron chi connectivity index (χ4n) is 6.10. The summed E-state index contributed by atoms with van der Waals surface area (Å²) in [6.07, 6.45) is 5.87. The molecule has 1 saturated heterocycles. The Morgan fingerprint density at radius 3 is 2.71 bits per heavy atom. The number of nitrogens with two attached hydrogens (primary N) is 1. The van der Waals surface area contributed by atoms with Gasteiger partial charge in [-0.1, -0.05) is 6.07 Å². The van der Waals surface area contributed by atoms with E-state index in [1.54, 1.807) is 27.7 Å². The van der Waals surface area contributed by atoms with E-state index in [1.165, 1.54) is 6.07 Å². The van der Waals surface area contributed by atoms with E-state index >= 15 is 0 Å². The second-order valence-corrected chi connectivity index (χ2v) is 11.4. The number of aliphatic hydroxyl groups is 1. The van der Waals surface area contributed by atoms with E-state index in [9.17, 15) is 14.3 Å². The van der Waals surface area contributed by atoms with Crippen molar-refractivity contribution in [3.63, 3.8) is 0 Å².